The van der Waals surface area contributed by atoms with Crippen molar-refractivity contribution in [3.63, 3.8) is 0 Å². The minimum atomic E-state index is -0.804. The molecule has 6 aliphatic carbocycles. The van der Waals surface area contributed by atoms with Crippen LogP contribution in [0.5, 0.6) is 0 Å². The summed E-state index contributed by atoms with van der Waals surface area (Å²) >= 11 is 0. The highest BCUT2D eigenvalue weighted by molar-refractivity contribution is 6.07. The van der Waals surface area contributed by atoms with Crippen molar-refractivity contribution in [2.45, 2.75) is 65.2 Å². The van der Waals surface area contributed by atoms with Gasteiger partial charge in [-0.1, -0.05) is 96.1 Å². The Morgan fingerprint density at radius 3 is 1.30 bits per heavy atom. The smallest absolute Gasteiger partial charge is 0.143 e. The first-order chi connectivity index (χ1) is 21.1. The normalized spacial score (nSPS) is 30.3. The molecule has 0 aliphatic heterocycles. The lowest BCUT2D eigenvalue weighted by atomic mass is 9.63. The number of Topliss-reactive ketones (excluding diaryl/α,β-unsaturated/α-hetero) is 4. The van der Waals surface area contributed by atoms with Gasteiger partial charge in [0.1, 0.15) is 23.1 Å². The van der Waals surface area contributed by atoms with E-state index in [2.05, 4.69) is 85.0 Å². The number of rotatable bonds is 4. The molecule has 2 aromatic rings. The van der Waals surface area contributed by atoms with Crippen LogP contribution in [0.1, 0.15) is 87.5 Å². The Hall–Kier alpha value is -3.92. The lowest BCUT2D eigenvalue weighted by Crippen LogP contribution is -2.42. The number of allylic oxidation sites excluding steroid dienone is 6. The molecular formula is C40H40O4. The molecule has 0 saturated heterocycles. The molecule has 8 rings (SSSR count). The van der Waals surface area contributed by atoms with Crippen LogP contribution < -0.4 is 0 Å². The van der Waals surface area contributed by atoms with Crippen molar-refractivity contribution in [1.29, 1.82) is 0 Å². The van der Waals surface area contributed by atoms with E-state index in [-0.39, 0.29) is 35.0 Å². The summed E-state index contributed by atoms with van der Waals surface area (Å²) in [6.07, 6.45) is 16.3. The van der Waals surface area contributed by atoms with Gasteiger partial charge in [-0.2, -0.15) is 0 Å². The molecule has 6 aliphatic rings. The van der Waals surface area contributed by atoms with Crippen LogP contribution in [0.2, 0.25) is 0 Å². The van der Waals surface area contributed by atoms with Crippen LogP contribution in [-0.2, 0) is 19.2 Å². The number of benzene rings is 2. The Morgan fingerprint density at radius 1 is 0.568 bits per heavy atom. The zero-order valence-corrected chi connectivity index (χ0v) is 26.0. The zero-order valence-electron chi connectivity index (χ0n) is 26.0. The molecule has 0 spiro atoms. The van der Waals surface area contributed by atoms with Crippen LogP contribution in [0.15, 0.2) is 84.0 Å². The summed E-state index contributed by atoms with van der Waals surface area (Å²) in [4.78, 5) is 49.8. The predicted molar refractivity (Wildman–Crippen MR) is 173 cm³/mol. The molecule has 4 nitrogen and oxygen atoms in total. The summed E-state index contributed by atoms with van der Waals surface area (Å²) in [5.41, 5.74) is 6.13. The molecule has 2 aromatic carbocycles. The first kappa shape index (κ1) is 28.8. The Bertz CT molecular complexity index is 1580. The van der Waals surface area contributed by atoms with Crippen molar-refractivity contribution in [1.82, 2.24) is 0 Å². The van der Waals surface area contributed by atoms with Gasteiger partial charge in [0.05, 0.1) is 10.8 Å². The molecule has 224 valence electrons. The zero-order chi connectivity index (χ0) is 31.0. The van der Waals surface area contributed by atoms with Gasteiger partial charge in [-0.15, -0.1) is 0 Å². The van der Waals surface area contributed by atoms with E-state index in [1.807, 2.05) is 0 Å². The van der Waals surface area contributed by atoms with E-state index < -0.39 is 10.8 Å². The summed E-state index contributed by atoms with van der Waals surface area (Å²) < 4.78 is 0. The number of hydrogen-bond donors (Lipinski definition) is 0. The van der Waals surface area contributed by atoms with Crippen LogP contribution in [0.25, 0.3) is 12.2 Å². The molecule has 4 heteroatoms. The van der Waals surface area contributed by atoms with Crippen molar-refractivity contribution < 1.29 is 19.2 Å². The summed E-state index contributed by atoms with van der Waals surface area (Å²) in [6, 6.07) is 16.9. The summed E-state index contributed by atoms with van der Waals surface area (Å²) in [6.45, 7) is 6.39. The van der Waals surface area contributed by atoms with E-state index >= 15 is 0 Å². The van der Waals surface area contributed by atoms with E-state index in [9.17, 15) is 19.2 Å². The highest BCUT2D eigenvalue weighted by Crippen LogP contribution is 2.63. The second kappa shape index (κ2) is 10.3. The SMILES string of the molecule is CC(=O)C1(C(C)=O)CC2=Cc3ccccc3[C@@H]3C=CC[C@H]1[C@H]23.CC(=O)C1(C(C)=O)CC2=Cc3ccccc3[C@H]3C=CC[C@@H]1[C@@H]23. The maximum atomic E-state index is 12.5. The van der Waals surface area contributed by atoms with Gasteiger partial charge >= 0.3 is 0 Å². The van der Waals surface area contributed by atoms with Crippen molar-refractivity contribution in [2.24, 2.45) is 34.5 Å². The van der Waals surface area contributed by atoms with Crippen LogP contribution in [-0.4, -0.2) is 23.1 Å². The van der Waals surface area contributed by atoms with E-state index in [0.717, 1.165) is 12.8 Å². The van der Waals surface area contributed by atoms with Gasteiger partial charge in [-0.25, -0.2) is 0 Å². The Labute approximate surface area is 260 Å². The van der Waals surface area contributed by atoms with Gasteiger partial charge in [0.2, 0.25) is 0 Å². The van der Waals surface area contributed by atoms with E-state index in [0.29, 0.717) is 36.5 Å². The first-order valence-electron chi connectivity index (χ1n) is 16.1. The fourth-order valence-corrected chi connectivity index (χ4v) is 10.1. The van der Waals surface area contributed by atoms with Crippen LogP contribution in [0.4, 0.5) is 0 Å². The summed E-state index contributed by atoms with van der Waals surface area (Å²) in [5.74, 6) is 1.66. The topological polar surface area (TPSA) is 68.3 Å². The minimum Gasteiger partial charge on any atom is -0.299 e. The fraction of sp³-hybridized carbons (Fsp3) is 0.400. The van der Waals surface area contributed by atoms with Gasteiger partial charge in [-0.05, 0) is 99.3 Å². The third-order valence-electron chi connectivity index (χ3n) is 12.1. The monoisotopic (exact) mass is 584 g/mol. The average molecular weight is 585 g/mol. The van der Waals surface area contributed by atoms with E-state index in [1.54, 1.807) is 27.7 Å². The maximum absolute atomic E-state index is 12.5. The number of ketones is 4. The highest BCUT2D eigenvalue weighted by Gasteiger charge is 2.60. The Morgan fingerprint density at radius 2 is 0.932 bits per heavy atom. The number of carbonyl (C=O) groups excluding carboxylic acids is 4. The van der Waals surface area contributed by atoms with Gasteiger partial charge in [0.15, 0.2) is 0 Å². The standard InChI is InChI=1S/2C20H20O2/c2*1-12(21)20(13(2)22)11-15-10-14-6-3-4-7-16(14)17-8-5-9-18(20)19(15)17/h2*3-8,10,17-19H,9,11H2,1-2H3/t2*17-,18-,19+/m10/s1. The predicted octanol–water partition coefficient (Wildman–Crippen LogP) is 7.86. The molecule has 2 fully saturated rings. The quantitative estimate of drug-likeness (QED) is 0.271. The van der Waals surface area contributed by atoms with E-state index in [1.165, 1.54) is 33.4 Å². The highest BCUT2D eigenvalue weighted by atomic mass is 16.2. The second-order valence-corrected chi connectivity index (χ2v) is 13.9. The Kier molecular flexibility index (Phi) is 6.77. The lowest BCUT2D eigenvalue weighted by molar-refractivity contribution is -0.143. The fourth-order valence-electron chi connectivity index (χ4n) is 10.1. The average Bonchev–Trinajstić information content (AvgIpc) is 3.54. The van der Waals surface area contributed by atoms with Crippen molar-refractivity contribution in [3.8, 4) is 0 Å². The van der Waals surface area contributed by atoms with Gasteiger partial charge in [0.25, 0.3) is 0 Å². The minimum absolute atomic E-state index is 0.0402. The third kappa shape index (κ3) is 3.89. The molecule has 6 atom stereocenters. The molecule has 0 aromatic heterocycles. The van der Waals surface area contributed by atoms with E-state index in [4.69, 9.17) is 0 Å². The number of hydrogen-bond acceptors (Lipinski definition) is 4. The van der Waals surface area contributed by atoms with Gasteiger partial charge < -0.3 is 0 Å². The molecular weight excluding hydrogens is 544 g/mol. The lowest BCUT2D eigenvalue weighted by Gasteiger charge is -2.39. The summed E-state index contributed by atoms with van der Waals surface area (Å²) in [7, 11) is 0. The Balaban J connectivity index is 0.000000142. The second-order valence-electron chi connectivity index (χ2n) is 13.9. The van der Waals surface area contributed by atoms with Crippen LogP contribution in [0.3, 0.4) is 0 Å². The van der Waals surface area contributed by atoms with Crippen molar-refractivity contribution >= 4 is 35.3 Å². The van der Waals surface area contributed by atoms with Crippen LogP contribution in [0, 0.1) is 34.5 Å². The van der Waals surface area contributed by atoms with Crippen LogP contribution >= 0.6 is 0 Å². The van der Waals surface area contributed by atoms with Gasteiger partial charge in [0, 0.05) is 11.8 Å². The van der Waals surface area contributed by atoms with Crippen molar-refractivity contribution in [3.05, 3.63) is 106 Å². The number of fused-ring (bicyclic) bond motifs is 4. The number of carbonyl (C=O) groups is 4. The van der Waals surface area contributed by atoms with Gasteiger partial charge in [-0.3, -0.25) is 19.2 Å². The molecule has 2 saturated carbocycles. The molecule has 44 heavy (non-hydrogen) atoms. The molecule has 0 amide bonds. The molecule has 0 unspecified atom stereocenters. The molecule has 0 bridgehead atoms. The third-order valence-corrected chi connectivity index (χ3v) is 12.1. The molecule has 0 radical (unpaired) electrons. The largest absolute Gasteiger partial charge is 0.299 e. The first-order valence-corrected chi connectivity index (χ1v) is 16.1. The van der Waals surface area contributed by atoms with Crippen molar-refractivity contribution in [2.75, 3.05) is 0 Å². The molecule has 0 heterocycles. The molecule has 0 N–H and O–H groups in total. The maximum Gasteiger partial charge on any atom is 0.143 e. The summed E-state index contributed by atoms with van der Waals surface area (Å²) in [5, 5.41) is 0.